The van der Waals surface area contributed by atoms with Gasteiger partial charge in [-0.2, -0.15) is 0 Å². The maximum absolute atomic E-state index is 10.2. The van der Waals surface area contributed by atoms with E-state index in [1.54, 1.807) is 12.1 Å². The van der Waals surface area contributed by atoms with Crippen molar-refractivity contribution >= 4 is 0 Å². The van der Waals surface area contributed by atoms with Gasteiger partial charge in [0.1, 0.15) is 23.0 Å². The highest BCUT2D eigenvalue weighted by Gasteiger charge is 2.71. The van der Waals surface area contributed by atoms with Crippen molar-refractivity contribution < 1.29 is 20.4 Å². The van der Waals surface area contributed by atoms with Crippen molar-refractivity contribution in [3.05, 3.63) is 47.0 Å². The van der Waals surface area contributed by atoms with Crippen molar-refractivity contribution in [3.8, 4) is 23.0 Å². The number of rotatable bonds is 3. The molecule has 2 aliphatic rings. The molecule has 1 aliphatic heterocycles. The Kier molecular flexibility index (Phi) is 2.25. The summed E-state index contributed by atoms with van der Waals surface area (Å²) in [5, 5.41) is 42.4. The normalized spacial score (nSPS) is 25.4. The molecule has 1 saturated carbocycles. The van der Waals surface area contributed by atoms with Gasteiger partial charge in [0.15, 0.2) is 0 Å². The fourth-order valence-electron chi connectivity index (χ4n) is 3.00. The Hall–Kier alpha value is -2.40. The van der Waals surface area contributed by atoms with Crippen LogP contribution in [0.4, 0.5) is 0 Å². The first kappa shape index (κ1) is 12.3. The largest absolute Gasteiger partial charge is 0.508 e. The Morgan fingerprint density at radius 2 is 1.67 bits per heavy atom. The van der Waals surface area contributed by atoms with Crippen LogP contribution in [0.25, 0.3) is 0 Å². The third kappa shape index (κ3) is 1.81. The second-order valence-corrected chi connectivity index (χ2v) is 5.85. The lowest BCUT2D eigenvalue weighted by atomic mass is 9.94. The van der Waals surface area contributed by atoms with Crippen LogP contribution in [0.1, 0.15) is 23.1 Å². The molecule has 0 spiro atoms. The van der Waals surface area contributed by atoms with Crippen LogP contribution in [-0.2, 0) is 12.0 Å². The van der Waals surface area contributed by atoms with E-state index >= 15 is 0 Å². The van der Waals surface area contributed by atoms with Gasteiger partial charge in [0, 0.05) is 30.2 Å². The molecular weight excluding hydrogens is 270 g/mol. The Bertz CT molecular complexity index is 750. The zero-order valence-corrected chi connectivity index (χ0v) is 11.2. The van der Waals surface area contributed by atoms with Crippen molar-refractivity contribution in [3.63, 3.8) is 0 Å². The van der Waals surface area contributed by atoms with Crippen LogP contribution in [0.3, 0.4) is 0 Å². The minimum atomic E-state index is -0.0991. The molecule has 4 rings (SSSR count). The highest BCUT2D eigenvalue weighted by Crippen LogP contribution is 2.61. The first-order valence-corrected chi connectivity index (χ1v) is 6.83. The summed E-state index contributed by atoms with van der Waals surface area (Å²) in [5.41, 5.74) is 2.10. The van der Waals surface area contributed by atoms with Gasteiger partial charge in [-0.3, -0.25) is 0 Å². The average molecular weight is 285 g/mol. The minimum Gasteiger partial charge on any atom is -0.508 e. The number of phenolic OH excluding ortho intramolecular Hbond substituents is 4. The number of phenols is 4. The maximum atomic E-state index is 10.2. The summed E-state index contributed by atoms with van der Waals surface area (Å²) in [5.74, 6) is 0.0410. The molecular formula is C16H15NO4. The summed E-state index contributed by atoms with van der Waals surface area (Å²) in [7, 11) is 0. The molecule has 0 bridgehead atoms. The first-order chi connectivity index (χ1) is 9.99. The number of fused-ring (bicyclic) bond motifs is 1. The van der Waals surface area contributed by atoms with E-state index in [-0.39, 0.29) is 28.5 Å². The summed E-state index contributed by atoms with van der Waals surface area (Å²) in [4.78, 5) is 0. The van der Waals surface area contributed by atoms with E-state index < -0.39 is 0 Å². The van der Waals surface area contributed by atoms with Crippen LogP contribution in [0.5, 0.6) is 23.0 Å². The molecule has 1 heterocycles. The zero-order valence-electron chi connectivity index (χ0n) is 11.2. The second kappa shape index (κ2) is 3.83. The standard InChI is InChI=1S/C16H15NO4/c18-9-2-1-8(13(20)5-9)3-11-12(16-7-15(16)17-16)4-10(19)6-14(11)21/h1-2,4-6,15,17-21H,3,7H2. The average Bonchev–Trinajstić information content (AvgIpc) is 3.23. The molecule has 0 amide bonds. The van der Waals surface area contributed by atoms with Crippen molar-refractivity contribution in [2.24, 2.45) is 0 Å². The number of nitrogens with one attached hydrogen (secondary N) is 1. The Balaban J connectivity index is 1.78. The fourth-order valence-corrected chi connectivity index (χ4v) is 3.00. The Morgan fingerprint density at radius 1 is 1.00 bits per heavy atom. The van der Waals surface area contributed by atoms with Gasteiger partial charge in [0.25, 0.3) is 0 Å². The molecule has 2 aromatic rings. The van der Waals surface area contributed by atoms with Gasteiger partial charge >= 0.3 is 0 Å². The Labute approximate surface area is 121 Å². The smallest absolute Gasteiger partial charge is 0.123 e. The lowest BCUT2D eigenvalue weighted by Gasteiger charge is -2.15. The molecule has 5 N–H and O–H groups in total. The molecule has 2 fully saturated rings. The van der Waals surface area contributed by atoms with Crippen molar-refractivity contribution in [2.45, 2.75) is 24.4 Å². The number of hydrogen-bond acceptors (Lipinski definition) is 5. The van der Waals surface area contributed by atoms with E-state index in [0.29, 0.717) is 23.6 Å². The monoisotopic (exact) mass is 285 g/mol. The van der Waals surface area contributed by atoms with Gasteiger partial charge in [0.2, 0.25) is 0 Å². The summed E-state index contributed by atoms with van der Waals surface area (Å²) in [6.07, 6.45) is 1.34. The summed E-state index contributed by atoms with van der Waals surface area (Å²) in [6.45, 7) is 0. The van der Waals surface area contributed by atoms with Gasteiger partial charge in [-0.05, 0) is 29.7 Å². The second-order valence-electron chi connectivity index (χ2n) is 5.85. The summed E-state index contributed by atoms with van der Waals surface area (Å²) < 4.78 is 0. The van der Waals surface area contributed by atoms with E-state index in [0.717, 1.165) is 12.0 Å². The van der Waals surface area contributed by atoms with Crippen LogP contribution in [-0.4, -0.2) is 26.5 Å². The molecule has 5 nitrogen and oxygen atoms in total. The zero-order chi connectivity index (χ0) is 14.8. The molecule has 2 unspecified atom stereocenters. The van der Waals surface area contributed by atoms with Gasteiger partial charge < -0.3 is 25.7 Å². The Morgan fingerprint density at radius 3 is 2.29 bits per heavy atom. The quantitative estimate of drug-likeness (QED) is 0.552. The third-order valence-electron chi connectivity index (χ3n) is 4.44. The van der Waals surface area contributed by atoms with E-state index in [4.69, 9.17) is 0 Å². The first-order valence-electron chi connectivity index (χ1n) is 6.83. The minimum absolute atomic E-state index is 0.00360. The van der Waals surface area contributed by atoms with E-state index in [1.807, 2.05) is 0 Å². The molecule has 1 saturated heterocycles. The number of benzene rings is 2. The van der Waals surface area contributed by atoms with Crippen LogP contribution in [0, 0.1) is 0 Å². The molecule has 2 aromatic carbocycles. The van der Waals surface area contributed by atoms with Crippen molar-refractivity contribution in [1.82, 2.24) is 5.32 Å². The predicted octanol–water partition coefficient (Wildman–Crippen LogP) is 1.67. The van der Waals surface area contributed by atoms with Crippen LogP contribution >= 0.6 is 0 Å². The molecule has 0 aromatic heterocycles. The van der Waals surface area contributed by atoms with Gasteiger partial charge in [-0.15, -0.1) is 0 Å². The van der Waals surface area contributed by atoms with Gasteiger partial charge in [-0.25, -0.2) is 0 Å². The molecule has 108 valence electrons. The predicted molar refractivity (Wildman–Crippen MR) is 75.6 cm³/mol. The summed E-state index contributed by atoms with van der Waals surface area (Å²) in [6, 6.07) is 7.83. The number of hydrogen-bond donors (Lipinski definition) is 5. The van der Waals surface area contributed by atoms with Crippen LogP contribution in [0.15, 0.2) is 30.3 Å². The van der Waals surface area contributed by atoms with E-state index in [1.165, 1.54) is 18.2 Å². The molecule has 0 radical (unpaired) electrons. The molecule has 2 atom stereocenters. The van der Waals surface area contributed by atoms with E-state index in [9.17, 15) is 20.4 Å². The lowest BCUT2D eigenvalue weighted by molar-refractivity contribution is 0.441. The lowest BCUT2D eigenvalue weighted by Crippen LogP contribution is -2.10. The SMILES string of the molecule is Oc1ccc(Cc2c(O)cc(O)cc2C23CC2N3)c(O)c1. The van der Waals surface area contributed by atoms with Gasteiger partial charge in [0.05, 0.1) is 5.54 Å². The van der Waals surface area contributed by atoms with Crippen molar-refractivity contribution in [2.75, 3.05) is 0 Å². The van der Waals surface area contributed by atoms with Gasteiger partial charge in [-0.1, -0.05) is 6.07 Å². The topological polar surface area (TPSA) is 103 Å². The van der Waals surface area contributed by atoms with Crippen molar-refractivity contribution in [1.29, 1.82) is 0 Å². The molecule has 21 heavy (non-hydrogen) atoms. The van der Waals surface area contributed by atoms with E-state index in [2.05, 4.69) is 5.32 Å². The van der Waals surface area contributed by atoms with Crippen LogP contribution < -0.4 is 5.32 Å². The maximum Gasteiger partial charge on any atom is 0.123 e. The molecule has 5 heteroatoms. The van der Waals surface area contributed by atoms with Crippen LogP contribution in [0.2, 0.25) is 0 Å². The highest BCUT2D eigenvalue weighted by atomic mass is 16.3. The highest BCUT2D eigenvalue weighted by molar-refractivity contribution is 5.58. The summed E-state index contributed by atoms with van der Waals surface area (Å²) >= 11 is 0. The number of aromatic hydroxyl groups is 4. The third-order valence-corrected chi connectivity index (χ3v) is 4.44. The molecule has 1 aliphatic carbocycles. The fraction of sp³-hybridized carbons (Fsp3) is 0.250.